The molecule has 1 unspecified atom stereocenters. The Bertz CT molecular complexity index is 579. The lowest BCUT2D eigenvalue weighted by Gasteiger charge is -2.18. The molecule has 1 aromatic heterocycles. The fraction of sp³-hybridized carbons (Fsp3) is 0.500. The molecule has 1 heterocycles. The predicted molar refractivity (Wildman–Crippen MR) is 83.2 cm³/mol. The molecule has 0 saturated carbocycles. The van der Waals surface area contributed by atoms with E-state index in [-0.39, 0.29) is 6.04 Å². The highest BCUT2D eigenvalue weighted by Crippen LogP contribution is 2.27. The van der Waals surface area contributed by atoms with Crippen LogP contribution in [0.3, 0.4) is 0 Å². The summed E-state index contributed by atoms with van der Waals surface area (Å²) in [7, 11) is 1.85. The third-order valence-corrected chi connectivity index (χ3v) is 3.36. The Hall–Kier alpha value is -1.88. The Morgan fingerprint density at radius 2 is 2.19 bits per heavy atom. The maximum absolute atomic E-state index is 5.96. The molecule has 1 N–H and O–H groups in total. The minimum absolute atomic E-state index is 0.266. The first kappa shape index (κ1) is 15.5. The summed E-state index contributed by atoms with van der Waals surface area (Å²) in [6, 6.07) is 6.60. The Morgan fingerprint density at radius 1 is 1.38 bits per heavy atom. The van der Waals surface area contributed by atoms with Gasteiger partial charge in [-0.25, -0.2) is 0 Å². The van der Waals surface area contributed by atoms with E-state index in [9.17, 15) is 0 Å². The van der Waals surface area contributed by atoms with Crippen molar-refractivity contribution in [3.63, 3.8) is 0 Å². The summed E-state index contributed by atoms with van der Waals surface area (Å²) in [5, 5.41) is 11.5. The van der Waals surface area contributed by atoms with Crippen LogP contribution in [0, 0.1) is 6.92 Å². The van der Waals surface area contributed by atoms with Crippen molar-refractivity contribution in [3.05, 3.63) is 41.2 Å². The number of hydrogen-bond donors (Lipinski definition) is 1. The summed E-state index contributed by atoms with van der Waals surface area (Å²) in [5.74, 6) is 0.914. The number of ether oxygens (including phenoxy) is 1. The van der Waals surface area contributed by atoms with Crippen molar-refractivity contribution in [3.8, 4) is 5.75 Å². The second-order valence-electron chi connectivity index (χ2n) is 5.39. The molecule has 21 heavy (non-hydrogen) atoms. The maximum atomic E-state index is 5.96. The molecule has 5 nitrogen and oxygen atoms in total. The van der Waals surface area contributed by atoms with Crippen LogP contribution in [0.15, 0.2) is 24.4 Å². The standard InChI is InChI=1S/C16H24N4O/c1-5-8-17-13(3)15-7-6-12(2)9-16(15)21-11-14-10-20(4)19-18-14/h6-7,9-10,13,17H,5,8,11H2,1-4H3. The molecule has 1 atom stereocenters. The van der Waals surface area contributed by atoms with Crippen LogP contribution >= 0.6 is 0 Å². The van der Waals surface area contributed by atoms with Crippen LogP contribution in [0.4, 0.5) is 0 Å². The number of nitrogens with one attached hydrogen (secondary N) is 1. The van der Waals surface area contributed by atoms with Crippen LogP contribution in [-0.4, -0.2) is 21.5 Å². The summed E-state index contributed by atoms with van der Waals surface area (Å²) >= 11 is 0. The monoisotopic (exact) mass is 288 g/mol. The van der Waals surface area contributed by atoms with Crippen LogP contribution in [0.5, 0.6) is 5.75 Å². The molecule has 0 aliphatic carbocycles. The van der Waals surface area contributed by atoms with Crippen molar-refractivity contribution >= 4 is 0 Å². The van der Waals surface area contributed by atoms with E-state index in [2.05, 4.69) is 54.6 Å². The first-order valence-electron chi connectivity index (χ1n) is 7.42. The molecular weight excluding hydrogens is 264 g/mol. The van der Waals surface area contributed by atoms with E-state index < -0.39 is 0 Å². The molecule has 0 saturated heterocycles. The van der Waals surface area contributed by atoms with Crippen LogP contribution in [-0.2, 0) is 13.7 Å². The van der Waals surface area contributed by atoms with Gasteiger partial charge in [-0.05, 0) is 38.4 Å². The van der Waals surface area contributed by atoms with Crippen molar-refractivity contribution in [2.45, 2.75) is 39.8 Å². The predicted octanol–water partition coefficient (Wildman–Crippen LogP) is 2.76. The molecule has 0 fully saturated rings. The zero-order valence-corrected chi connectivity index (χ0v) is 13.3. The van der Waals surface area contributed by atoms with Gasteiger partial charge >= 0.3 is 0 Å². The number of nitrogens with zero attached hydrogens (tertiary/aromatic N) is 3. The number of rotatable bonds is 7. The summed E-state index contributed by atoms with van der Waals surface area (Å²) in [6.07, 6.45) is 2.99. The van der Waals surface area contributed by atoms with E-state index in [1.54, 1.807) is 4.68 Å². The van der Waals surface area contributed by atoms with Gasteiger partial charge in [-0.1, -0.05) is 24.3 Å². The average Bonchev–Trinajstić information content (AvgIpc) is 2.88. The van der Waals surface area contributed by atoms with Gasteiger partial charge in [0.05, 0.1) is 6.20 Å². The Labute approximate surface area is 126 Å². The highest BCUT2D eigenvalue weighted by atomic mass is 16.5. The third kappa shape index (κ3) is 4.29. The molecular formula is C16H24N4O. The van der Waals surface area contributed by atoms with Crippen LogP contribution in [0.2, 0.25) is 0 Å². The topological polar surface area (TPSA) is 52.0 Å². The Kier molecular flexibility index (Phi) is 5.33. The second kappa shape index (κ2) is 7.22. The highest BCUT2D eigenvalue weighted by molar-refractivity contribution is 5.39. The third-order valence-electron chi connectivity index (χ3n) is 3.36. The van der Waals surface area contributed by atoms with Gasteiger partial charge in [0.2, 0.25) is 0 Å². The second-order valence-corrected chi connectivity index (χ2v) is 5.39. The minimum Gasteiger partial charge on any atom is -0.487 e. The number of benzene rings is 1. The van der Waals surface area contributed by atoms with Gasteiger partial charge in [0.1, 0.15) is 18.1 Å². The summed E-state index contributed by atoms with van der Waals surface area (Å²) in [4.78, 5) is 0. The van der Waals surface area contributed by atoms with Crippen LogP contribution in [0.25, 0.3) is 0 Å². The molecule has 114 valence electrons. The van der Waals surface area contributed by atoms with Gasteiger partial charge in [0.15, 0.2) is 0 Å². The quantitative estimate of drug-likeness (QED) is 0.851. The molecule has 0 bridgehead atoms. The molecule has 0 aliphatic heterocycles. The van der Waals surface area contributed by atoms with Crippen LogP contribution in [0.1, 0.15) is 43.1 Å². The van der Waals surface area contributed by atoms with Crippen LogP contribution < -0.4 is 10.1 Å². The molecule has 2 rings (SSSR count). The molecule has 1 aromatic carbocycles. The lowest BCUT2D eigenvalue weighted by molar-refractivity contribution is 0.294. The Morgan fingerprint density at radius 3 is 2.86 bits per heavy atom. The molecule has 2 aromatic rings. The van der Waals surface area contributed by atoms with Gasteiger partial charge in [-0.15, -0.1) is 5.10 Å². The SMILES string of the molecule is CCCNC(C)c1ccc(C)cc1OCc1cn(C)nn1. The molecule has 0 radical (unpaired) electrons. The highest BCUT2D eigenvalue weighted by Gasteiger charge is 2.12. The molecule has 0 spiro atoms. The van der Waals surface area contributed by atoms with Gasteiger partial charge in [-0.2, -0.15) is 0 Å². The first-order valence-corrected chi connectivity index (χ1v) is 7.42. The van der Waals surface area contributed by atoms with Gasteiger partial charge in [0, 0.05) is 18.7 Å². The molecule has 0 amide bonds. The van der Waals surface area contributed by atoms with E-state index in [1.807, 2.05) is 13.2 Å². The maximum Gasteiger partial charge on any atom is 0.134 e. The minimum atomic E-state index is 0.266. The average molecular weight is 288 g/mol. The summed E-state index contributed by atoms with van der Waals surface area (Å²) in [6.45, 7) is 7.84. The van der Waals surface area contributed by atoms with Gasteiger partial charge in [0.25, 0.3) is 0 Å². The van der Waals surface area contributed by atoms with Gasteiger partial charge in [-0.3, -0.25) is 4.68 Å². The fourth-order valence-electron chi connectivity index (χ4n) is 2.21. The van der Waals surface area contributed by atoms with Crippen molar-refractivity contribution in [1.29, 1.82) is 0 Å². The normalized spacial score (nSPS) is 12.4. The lowest BCUT2D eigenvalue weighted by atomic mass is 10.0. The lowest BCUT2D eigenvalue weighted by Crippen LogP contribution is -2.20. The van der Waals surface area contributed by atoms with E-state index >= 15 is 0 Å². The van der Waals surface area contributed by atoms with Crippen molar-refractivity contribution in [2.75, 3.05) is 6.54 Å². The number of aromatic nitrogens is 3. The molecule has 0 aliphatic rings. The van der Waals surface area contributed by atoms with Crippen molar-refractivity contribution in [1.82, 2.24) is 20.3 Å². The van der Waals surface area contributed by atoms with E-state index in [0.29, 0.717) is 6.61 Å². The zero-order valence-electron chi connectivity index (χ0n) is 13.3. The Balaban J connectivity index is 2.10. The van der Waals surface area contributed by atoms with E-state index in [1.165, 1.54) is 11.1 Å². The number of hydrogen-bond acceptors (Lipinski definition) is 4. The fourth-order valence-corrected chi connectivity index (χ4v) is 2.21. The van der Waals surface area contributed by atoms with E-state index in [0.717, 1.165) is 24.4 Å². The first-order chi connectivity index (χ1) is 10.1. The van der Waals surface area contributed by atoms with E-state index in [4.69, 9.17) is 4.74 Å². The number of aryl methyl sites for hydroxylation is 2. The van der Waals surface area contributed by atoms with Crippen molar-refractivity contribution in [2.24, 2.45) is 7.05 Å². The zero-order chi connectivity index (χ0) is 15.2. The summed E-state index contributed by atoms with van der Waals surface area (Å²) in [5.41, 5.74) is 3.20. The molecule has 5 heteroatoms. The smallest absolute Gasteiger partial charge is 0.134 e. The summed E-state index contributed by atoms with van der Waals surface area (Å²) < 4.78 is 7.64. The van der Waals surface area contributed by atoms with Gasteiger partial charge < -0.3 is 10.1 Å². The van der Waals surface area contributed by atoms with Crippen molar-refractivity contribution < 1.29 is 4.74 Å². The largest absolute Gasteiger partial charge is 0.487 e.